The SMILES string of the molecule is CCC(C)C(C(=O)O)=C(C)C.N. The van der Waals surface area contributed by atoms with E-state index in [0.29, 0.717) is 5.57 Å². The molecule has 0 saturated heterocycles. The van der Waals surface area contributed by atoms with Crippen LogP contribution >= 0.6 is 0 Å². The number of carboxylic acids is 1. The van der Waals surface area contributed by atoms with Gasteiger partial charge >= 0.3 is 5.97 Å². The lowest BCUT2D eigenvalue weighted by Gasteiger charge is -2.10. The molecule has 0 aliphatic heterocycles. The van der Waals surface area contributed by atoms with Crippen molar-refractivity contribution in [2.24, 2.45) is 5.92 Å². The van der Waals surface area contributed by atoms with Gasteiger partial charge < -0.3 is 11.3 Å². The molecular weight excluding hydrogens is 154 g/mol. The van der Waals surface area contributed by atoms with E-state index in [1.54, 1.807) is 0 Å². The summed E-state index contributed by atoms with van der Waals surface area (Å²) in [7, 11) is 0. The maximum Gasteiger partial charge on any atom is 0.331 e. The van der Waals surface area contributed by atoms with Crippen LogP contribution in [0.25, 0.3) is 0 Å². The van der Waals surface area contributed by atoms with Gasteiger partial charge in [0.15, 0.2) is 0 Å². The third kappa shape index (κ3) is 3.53. The highest BCUT2D eigenvalue weighted by atomic mass is 16.4. The lowest BCUT2D eigenvalue weighted by molar-refractivity contribution is -0.133. The summed E-state index contributed by atoms with van der Waals surface area (Å²) in [5.74, 6) is -0.614. The molecule has 1 unspecified atom stereocenters. The zero-order chi connectivity index (χ0) is 9.02. The Morgan fingerprint density at radius 3 is 1.92 bits per heavy atom. The Morgan fingerprint density at radius 2 is 1.83 bits per heavy atom. The molecule has 0 radical (unpaired) electrons. The largest absolute Gasteiger partial charge is 0.478 e. The van der Waals surface area contributed by atoms with Crippen molar-refractivity contribution in [1.82, 2.24) is 6.15 Å². The monoisotopic (exact) mass is 173 g/mol. The zero-order valence-corrected chi connectivity index (χ0v) is 8.35. The molecule has 0 amide bonds. The fraction of sp³-hybridized carbons (Fsp3) is 0.667. The van der Waals surface area contributed by atoms with Gasteiger partial charge in [0.2, 0.25) is 0 Å². The minimum absolute atomic E-state index is 0. The molecule has 1 atom stereocenters. The molecule has 72 valence electrons. The van der Waals surface area contributed by atoms with Gasteiger partial charge in [-0.3, -0.25) is 0 Å². The number of allylic oxidation sites excluding steroid dienone is 1. The number of rotatable bonds is 3. The number of hydrogen-bond donors (Lipinski definition) is 2. The van der Waals surface area contributed by atoms with E-state index in [0.717, 1.165) is 12.0 Å². The fourth-order valence-electron chi connectivity index (χ4n) is 1.12. The molecular formula is C9H19NO2. The van der Waals surface area contributed by atoms with Crippen molar-refractivity contribution in [2.45, 2.75) is 34.1 Å². The molecule has 0 aliphatic carbocycles. The van der Waals surface area contributed by atoms with Gasteiger partial charge in [-0.15, -0.1) is 0 Å². The summed E-state index contributed by atoms with van der Waals surface area (Å²) in [6, 6.07) is 0. The van der Waals surface area contributed by atoms with Crippen LogP contribution in [-0.4, -0.2) is 11.1 Å². The van der Waals surface area contributed by atoms with Crippen LogP contribution in [0.5, 0.6) is 0 Å². The van der Waals surface area contributed by atoms with E-state index in [9.17, 15) is 4.79 Å². The van der Waals surface area contributed by atoms with Gasteiger partial charge in [0.25, 0.3) is 0 Å². The van der Waals surface area contributed by atoms with E-state index in [2.05, 4.69) is 0 Å². The van der Waals surface area contributed by atoms with Gasteiger partial charge in [0, 0.05) is 5.57 Å². The van der Waals surface area contributed by atoms with Crippen LogP contribution in [0.15, 0.2) is 11.1 Å². The quantitative estimate of drug-likeness (QED) is 0.644. The summed E-state index contributed by atoms with van der Waals surface area (Å²) in [6.07, 6.45) is 0.882. The number of carboxylic acid groups (broad SMARTS) is 1. The third-order valence-electron chi connectivity index (χ3n) is 1.87. The Morgan fingerprint density at radius 1 is 1.42 bits per heavy atom. The van der Waals surface area contributed by atoms with Crippen LogP contribution in [0.4, 0.5) is 0 Å². The molecule has 0 aromatic heterocycles. The van der Waals surface area contributed by atoms with Crippen molar-refractivity contribution < 1.29 is 9.90 Å². The maximum atomic E-state index is 10.7. The molecule has 0 fully saturated rings. The summed E-state index contributed by atoms with van der Waals surface area (Å²) in [5.41, 5.74) is 1.47. The smallest absolute Gasteiger partial charge is 0.331 e. The van der Waals surface area contributed by atoms with Crippen molar-refractivity contribution in [3.05, 3.63) is 11.1 Å². The summed E-state index contributed by atoms with van der Waals surface area (Å²) >= 11 is 0. The number of hydrogen-bond acceptors (Lipinski definition) is 2. The highest BCUT2D eigenvalue weighted by molar-refractivity contribution is 5.87. The normalized spacial score (nSPS) is 11.3. The predicted molar refractivity (Wildman–Crippen MR) is 50.5 cm³/mol. The van der Waals surface area contributed by atoms with Gasteiger partial charge in [-0.05, 0) is 26.2 Å². The predicted octanol–water partition coefficient (Wildman–Crippen LogP) is 2.62. The Labute approximate surface area is 74.1 Å². The molecule has 3 heteroatoms. The van der Waals surface area contributed by atoms with E-state index < -0.39 is 5.97 Å². The van der Waals surface area contributed by atoms with E-state index in [4.69, 9.17) is 5.11 Å². The summed E-state index contributed by atoms with van der Waals surface area (Å²) in [4.78, 5) is 10.7. The van der Waals surface area contributed by atoms with E-state index in [1.807, 2.05) is 27.7 Å². The van der Waals surface area contributed by atoms with Crippen molar-refractivity contribution in [2.75, 3.05) is 0 Å². The Balaban J connectivity index is 0. The van der Waals surface area contributed by atoms with Crippen LogP contribution < -0.4 is 6.15 Å². The van der Waals surface area contributed by atoms with Crippen LogP contribution in [0.2, 0.25) is 0 Å². The summed E-state index contributed by atoms with van der Waals surface area (Å²) < 4.78 is 0. The first kappa shape index (κ1) is 13.7. The van der Waals surface area contributed by atoms with Gasteiger partial charge in [-0.1, -0.05) is 19.4 Å². The molecule has 0 heterocycles. The average molecular weight is 173 g/mol. The lowest BCUT2D eigenvalue weighted by Crippen LogP contribution is -2.10. The molecule has 4 N–H and O–H groups in total. The first-order valence-electron chi connectivity index (χ1n) is 3.91. The van der Waals surface area contributed by atoms with E-state index in [1.165, 1.54) is 0 Å². The van der Waals surface area contributed by atoms with Crippen molar-refractivity contribution in [3.63, 3.8) is 0 Å². The Bertz CT molecular complexity index is 181. The highest BCUT2D eigenvalue weighted by Crippen LogP contribution is 2.17. The fourth-order valence-corrected chi connectivity index (χ4v) is 1.12. The first-order valence-corrected chi connectivity index (χ1v) is 3.91. The van der Waals surface area contributed by atoms with Gasteiger partial charge in [-0.2, -0.15) is 0 Å². The minimum Gasteiger partial charge on any atom is -0.478 e. The second-order valence-electron chi connectivity index (χ2n) is 3.03. The second-order valence-corrected chi connectivity index (χ2v) is 3.03. The number of carbonyl (C=O) groups is 1. The summed E-state index contributed by atoms with van der Waals surface area (Å²) in [6.45, 7) is 7.62. The molecule has 0 aliphatic rings. The first-order chi connectivity index (χ1) is 5.00. The molecule has 0 spiro atoms. The highest BCUT2D eigenvalue weighted by Gasteiger charge is 2.15. The molecule has 0 rings (SSSR count). The molecule has 0 saturated carbocycles. The second kappa shape index (κ2) is 5.77. The third-order valence-corrected chi connectivity index (χ3v) is 1.87. The van der Waals surface area contributed by atoms with Crippen LogP contribution in [0.3, 0.4) is 0 Å². The summed E-state index contributed by atoms with van der Waals surface area (Å²) in [5, 5.41) is 8.79. The van der Waals surface area contributed by atoms with Crippen LogP contribution in [0.1, 0.15) is 34.1 Å². The molecule has 12 heavy (non-hydrogen) atoms. The molecule has 0 bridgehead atoms. The standard InChI is InChI=1S/C9H16O2.H3N/c1-5-7(4)8(6(2)3)9(10)11;/h7H,5H2,1-4H3,(H,10,11);1H3. The lowest BCUT2D eigenvalue weighted by atomic mass is 9.95. The topological polar surface area (TPSA) is 72.3 Å². The van der Waals surface area contributed by atoms with Gasteiger partial charge in [-0.25, -0.2) is 4.79 Å². The van der Waals surface area contributed by atoms with E-state index >= 15 is 0 Å². The van der Waals surface area contributed by atoms with Crippen LogP contribution in [-0.2, 0) is 4.79 Å². The Kier molecular flexibility index (Phi) is 6.61. The maximum absolute atomic E-state index is 10.7. The van der Waals surface area contributed by atoms with E-state index in [-0.39, 0.29) is 12.1 Å². The van der Waals surface area contributed by atoms with Crippen molar-refractivity contribution >= 4 is 5.97 Å². The minimum atomic E-state index is -0.778. The number of aliphatic carboxylic acids is 1. The van der Waals surface area contributed by atoms with Crippen molar-refractivity contribution in [3.8, 4) is 0 Å². The molecule has 3 nitrogen and oxygen atoms in total. The van der Waals surface area contributed by atoms with Gasteiger partial charge in [0.1, 0.15) is 0 Å². The van der Waals surface area contributed by atoms with Crippen molar-refractivity contribution in [1.29, 1.82) is 0 Å². The van der Waals surface area contributed by atoms with Gasteiger partial charge in [0.05, 0.1) is 0 Å². The zero-order valence-electron chi connectivity index (χ0n) is 8.35. The van der Waals surface area contributed by atoms with Crippen LogP contribution in [0, 0.1) is 5.92 Å². The molecule has 0 aromatic carbocycles. The average Bonchev–Trinajstić information content (AvgIpc) is 1.85. The Hall–Kier alpha value is -0.830. The molecule has 0 aromatic rings.